The van der Waals surface area contributed by atoms with Gasteiger partial charge >= 0.3 is 0 Å². The molecule has 1 amide bonds. The number of hydrogen-bond donors (Lipinski definition) is 1. The Morgan fingerprint density at radius 3 is 2.68 bits per heavy atom. The Kier molecular flexibility index (Phi) is 4.00. The van der Waals surface area contributed by atoms with Crippen molar-refractivity contribution in [3.63, 3.8) is 0 Å². The standard InChI is InChI=1S/C16H12ClFN2OS/c1-20(11-5-3-2-4-6-11)19-16(21)15-14(17)12-8-7-10(18)9-13(12)22-15/h2-9H,1H3,(H,19,21). The first-order chi connectivity index (χ1) is 10.6. The van der Waals surface area contributed by atoms with Gasteiger partial charge in [-0.15, -0.1) is 11.3 Å². The lowest BCUT2D eigenvalue weighted by atomic mass is 10.2. The van der Waals surface area contributed by atoms with Crippen LogP contribution in [0.25, 0.3) is 10.1 Å². The van der Waals surface area contributed by atoms with Crippen LogP contribution in [0.15, 0.2) is 48.5 Å². The summed E-state index contributed by atoms with van der Waals surface area (Å²) in [7, 11) is 1.74. The van der Waals surface area contributed by atoms with E-state index >= 15 is 0 Å². The van der Waals surface area contributed by atoms with Gasteiger partial charge in [-0.2, -0.15) is 0 Å². The number of hydrogen-bond acceptors (Lipinski definition) is 3. The predicted molar refractivity (Wildman–Crippen MR) is 89.1 cm³/mol. The van der Waals surface area contributed by atoms with Gasteiger partial charge in [0.25, 0.3) is 5.91 Å². The van der Waals surface area contributed by atoms with Gasteiger partial charge in [0.1, 0.15) is 10.7 Å². The van der Waals surface area contributed by atoms with E-state index < -0.39 is 0 Å². The summed E-state index contributed by atoms with van der Waals surface area (Å²) in [6, 6.07) is 13.7. The number of benzene rings is 2. The molecule has 0 fully saturated rings. The zero-order chi connectivity index (χ0) is 15.7. The molecule has 1 N–H and O–H groups in total. The zero-order valence-corrected chi connectivity index (χ0v) is 13.2. The minimum absolute atomic E-state index is 0.321. The van der Waals surface area contributed by atoms with Crippen molar-refractivity contribution in [3.05, 3.63) is 64.2 Å². The van der Waals surface area contributed by atoms with Gasteiger partial charge in [-0.25, -0.2) is 4.39 Å². The van der Waals surface area contributed by atoms with Crippen molar-refractivity contribution in [1.82, 2.24) is 5.43 Å². The lowest BCUT2D eigenvalue weighted by Crippen LogP contribution is -2.39. The number of para-hydroxylation sites is 1. The number of nitrogens with zero attached hydrogens (tertiary/aromatic N) is 1. The fourth-order valence-electron chi connectivity index (χ4n) is 2.10. The molecule has 0 unspecified atom stereocenters. The van der Waals surface area contributed by atoms with Crippen molar-refractivity contribution in [1.29, 1.82) is 0 Å². The Labute approximate surface area is 135 Å². The van der Waals surface area contributed by atoms with Crippen molar-refractivity contribution in [2.45, 2.75) is 0 Å². The molecule has 0 aliphatic heterocycles. The molecule has 2 aromatic carbocycles. The molecule has 0 aliphatic rings. The minimum atomic E-state index is -0.348. The van der Waals surface area contributed by atoms with E-state index in [1.807, 2.05) is 30.3 Å². The Morgan fingerprint density at radius 2 is 1.95 bits per heavy atom. The first-order valence-corrected chi connectivity index (χ1v) is 7.73. The molecule has 0 radical (unpaired) electrons. The number of carbonyl (C=O) groups excluding carboxylic acids is 1. The van der Waals surface area contributed by atoms with Crippen LogP contribution in [0.2, 0.25) is 5.02 Å². The summed E-state index contributed by atoms with van der Waals surface area (Å²) in [5.41, 5.74) is 3.60. The van der Waals surface area contributed by atoms with Gasteiger partial charge in [0, 0.05) is 17.1 Å². The van der Waals surface area contributed by atoms with Gasteiger partial charge in [-0.05, 0) is 30.3 Å². The Morgan fingerprint density at radius 1 is 1.23 bits per heavy atom. The fourth-order valence-corrected chi connectivity index (χ4v) is 3.54. The van der Waals surface area contributed by atoms with E-state index in [9.17, 15) is 9.18 Å². The Bertz CT molecular complexity index is 835. The van der Waals surface area contributed by atoms with Crippen LogP contribution in [-0.4, -0.2) is 13.0 Å². The summed E-state index contributed by atoms with van der Waals surface area (Å²) < 4.78 is 13.9. The third-order valence-electron chi connectivity index (χ3n) is 3.21. The van der Waals surface area contributed by atoms with Crippen molar-refractivity contribution in [3.8, 4) is 0 Å². The molecule has 0 saturated heterocycles. The number of anilines is 1. The average molecular weight is 335 g/mol. The van der Waals surface area contributed by atoms with E-state index in [0.717, 1.165) is 5.69 Å². The zero-order valence-electron chi connectivity index (χ0n) is 11.6. The number of halogens is 2. The van der Waals surface area contributed by atoms with Crippen molar-refractivity contribution in [2.24, 2.45) is 0 Å². The fraction of sp³-hybridized carbons (Fsp3) is 0.0625. The number of carbonyl (C=O) groups is 1. The third kappa shape index (κ3) is 2.77. The van der Waals surface area contributed by atoms with Gasteiger partial charge in [0.05, 0.1) is 10.7 Å². The van der Waals surface area contributed by atoms with Crippen LogP contribution in [0.5, 0.6) is 0 Å². The molecule has 0 aliphatic carbocycles. The maximum Gasteiger partial charge on any atom is 0.281 e. The molecule has 6 heteroatoms. The van der Waals surface area contributed by atoms with Crippen molar-refractivity contribution in [2.75, 3.05) is 12.1 Å². The number of fused-ring (bicyclic) bond motifs is 1. The molecule has 3 aromatic rings. The van der Waals surface area contributed by atoms with Gasteiger partial charge in [0.2, 0.25) is 0 Å². The average Bonchev–Trinajstić information content (AvgIpc) is 2.84. The summed E-state index contributed by atoms with van der Waals surface area (Å²) >= 11 is 7.42. The maximum atomic E-state index is 13.3. The highest BCUT2D eigenvalue weighted by atomic mass is 35.5. The number of hydrazine groups is 1. The molecule has 3 rings (SSSR count). The van der Waals surface area contributed by atoms with Crippen molar-refractivity contribution >= 4 is 44.6 Å². The molecule has 22 heavy (non-hydrogen) atoms. The summed E-state index contributed by atoms with van der Waals surface area (Å²) in [5.74, 6) is -0.670. The number of rotatable bonds is 3. The van der Waals surface area contributed by atoms with Crippen LogP contribution in [0, 0.1) is 5.82 Å². The molecule has 0 saturated carbocycles. The van der Waals surface area contributed by atoms with E-state index in [4.69, 9.17) is 11.6 Å². The first-order valence-electron chi connectivity index (χ1n) is 6.53. The second kappa shape index (κ2) is 5.94. The number of thiophene rings is 1. The van der Waals surface area contributed by atoms with Gasteiger partial charge in [0.15, 0.2) is 0 Å². The number of nitrogens with one attached hydrogen (secondary N) is 1. The summed E-state index contributed by atoms with van der Waals surface area (Å²) in [6.07, 6.45) is 0. The van der Waals surface area contributed by atoms with E-state index in [1.165, 1.54) is 23.5 Å². The third-order valence-corrected chi connectivity index (χ3v) is 4.87. The van der Waals surface area contributed by atoms with Crippen LogP contribution in [-0.2, 0) is 0 Å². The molecule has 0 spiro atoms. The molecule has 1 heterocycles. The van der Waals surface area contributed by atoms with Gasteiger partial charge in [-0.1, -0.05) is 29.8 Å². The lowest BCUT2D eigenvalue weighted by Gasteiger charge is -2.19. The van der Waals surface area contributed by atoms with E-state index in [2.05, 4.69) is 5.43 Å². The van der Waals surface area contributed by atoms with Crippen LogP contribution in [0.3, 0.4) is 0 Å². The SMILES string of the molecule is CN(NC(=O)c1sc2cc(F)ccc2c1Cl)c1ccccc1. The largest absolute Gasteiger partial charge is 0.288 e. The molecule has 0 bridgehead atoms. The smallest absolute Gasteiger partial charge is 0.281 e. The van der Waals surface area contributed by atoms with E-state index in [1.54, 1.807) is 18.1 Å². The lowest BCUT2D eigenvalue weighted by molar-refractivity contribution is 0.0955. The topological polar surface area (TPSA) is 32.3 Å². The summed E-state index contributed by atoms with van der Waals surface area (Å²) in [5, 5.41) is 2.64. The normalized spacial score (nSPS) is 10.7. The van der Waals surface area contributed by atoms with Gasteiger partial charge < -0.3 is 0 Å². The summed E-state index contributed by atoms with van der Waals surface area (Å²) in [6.45, 7) is 0. The molecular weight excluding hydrogens is 323 g/mol. The molecule has 1 aromatic heterocycles. The highest BCUT2D eigenvalue weighted by Gasteiger charge is 2.18. The van der Waals surface area contributed by atoms with Gasteiger partial charge in [-0.3, -0.25) is 15.2 Å². The highest BCUT2D eigenvalue weighted by molar-refractivity contribution is 7.21. The van der Waals surface area contributed by atoms with Crippen molar-refractivity contribution < 1.29 is 9.18 Å². The second-order valence-electron chi connectivity index (χ2n) is 4.72. The number of amides is 1. The maximum absolute atomic E-state index is 13.3. The molecule has 112 valence electrons. The summed E-state index contributed by atoms with van der Waals surface area (Å²) in [4.78, 5) is 12.7. The molecule has 0 atom stereocenters. The highest BCUT2D eigenvalue weighted by Crippen LogP contribution is 2.35. The first kappa shape index (κ1) is 14.8. The van der Waals surface area contributed by atoms with E-state index in [-0.39, 0.29) is 11.7 Å². The second-order valence-corrected chi connectivity index (χ2v) is 6.15. The van der Waals surface area contributed by atoms with Crippen LogP contribution in [0.1, 0.15) is 9.67 Å². The quantitative estimate of drug-likeness (QED) is 0.716. The van der Waals surface area contributed by atoms with Crippen LogP contribution >= 0.6 is 22.9 Å². The Hall–Kier alpha value is -2.11. The predicted octanol–water partition coefficient (Wildman–Crippen LogP) is 4.48. The minimum Gasteiger partial charge on any atom is -0.288 e. The van der Waals surface area contributed by atoms with Crippen LogP contribution < -0.4 is 10.4 Å². The van der Waals surface area contributed by atoms with E-state index in [0.29, 0.717) is 20.0 Å². The molecule has 3 nitrogen and oxygen atoms in total. The molecular formula is C16H12ClFN2OS. The monoisotopic (exact) mass is 334 g/mol. The van der Waals surface area contributed by atoms with Crippen LogP contribution in [0.4, 0.5) is 10.1 Å². The Balaban J connectivity index is 1.88.